The molecule has 0 aromatic rings. The van der Waals surface area contributed by atoms with E-state index in [1.807, 2.05) is 77.4 Å². The van der Waals surface area contributed by atoms with Crippen molar-refractivity contribution in [3.63, 3.8) is 0 Å². The normalized spacial score (nSPS) is 20.9. The molecule has 0 aromatic heterocycles. The van der Waals surface area contributed by atoms with Crippen molar-refractivity contribution in [2.45, 2.75) is 214 Å². The Hall–Kier alpha value is -3.92. The first-order valence-corrected chi connectivity index (χ1v) is 35.4. The molecule has 6 unspecified atom stereocenters. The van der Waals surface area contributed by atoms with Gasteiger partial charge in [0.05, 0.1) is 24.7 Å². The predicted molar refractivity (Wildman–Crippen MR) is 364 cm³/mol. The van der Waals surface area contributed by atoms with Crippen LogP contribution in [0.25, 0.3) is 0 Å². The number of nitrogens with two attached hydrogens (primary N) is 1. The molecule has 89 heavy (non-hydrogen) atoms. The van der Waals surface area contributed by atoms with E-state index in [1.54, 1.807) is 42.3 Å². The van der Waals surface area contributed by atoms with Gasteiger partial charge in [0.15, 0.2) is 27.7 Å². The van der Waals surface area contributed by atoms with Crippen molar-refractivity contribution in [1.29, 1.82) is 0 Å². The number of aliphatic hydroxyl groups is 3. The van der Waals surface area contributed by atoms with Gasteiger partial charge >= 0.3 is 5.91 Å². The number of carbonyl (C=O) groups excluding carboxylic acids is 7. The highest BCUT2D eigenvalue weighted by molar-refractivity contribution is 8.14. The Morgan fingerprint density at radius 3 is 1.25 bits per heavy atom. The van der Waals surface area contributed by atoms with E-state index in [2.05, 4.69) is 50.5 Å². The van der Waals surface area contributed by atoms with Gasteiger partial charge in [0.25, 0.3) is 11.8 Å². The van der Waals surface area contributed by atoms with Gasteiger partial charge in [-0.05, 0) is 87.9 Å². The van der Waals surface area contributed by atoms with Crippen molar-refractivity contribution < 1.29 is 48.9 Å². The molecular weight excluding hydrogens is 1220 g/mol. The van der Waals surface area contributed by atoms with Crippen LogP contribution in [0.4, 0.5) is 0 Å². The van der Waals surface area contributed by atoms with Gasteiger partial charge in [0, 0.05) is 95.9 Å². The van der Waals surface area contributed by atoms with Crippen LogP contribution in [-0.4, -0.2) is 212 Å². The van der Waals surface area contributed by atoms with Gasteiger partial charge in [-0.2, -0.15) is 0 Å². The summed E-state index contributed by atoms with van der Waals surface area (Å²) in [6, 6.07) is -2.00. The highest BCUT2D eigenvalue weighted by atomic mass is 35.5. The summed E-state index contributed by atoms with van der Waals surface area (Å²) < 4.78 is 0. The number of amidine groups is 3. The van der Waals surface area contributed by atoms with Gasteiger partial charge in [-0.3, -0.25) is 33.6 Å². The Kier molecular flexibility index (Phi) is 39.3. The summed E-state index contributed by atoms with van der Waals surface area (Å²) in [5, 5.41) is 55.6. The third kappa shape index (κ3) is 30.1. The van der Waals surface area contributed by atoms with Gasteiger partial charge in [-0.25, -0.2) is 15.4 Å². The van der Waals surface area contributed by atoms with Crippen LogP contribution in [0.15, 0.2) is 15.3 Å². The number of aliphatic hydroxyl groups excluding tert-OH is 3. The first-order valence-electron chi connectivity index (χ1n) is 32.4. The molecule has 6 fully saturated rings. The summed E-state index contributed by atoms with van der Waals surface area (Å²) in [5.74, 6) is 1.50. The first kappa shape index (κ1) is 81.2. The molecule has 3 aliphatic carbocycles. The fraction of sp³-hybridized carbons (Fsp3) is 0.839. The summed E-state index contributed by atoms with van der Waals surface area (Å²) in [6.07, 6.45) is 15.0. The van der Waals surface area contributed by atoms with E-state index in [0.717, 1.165) is 147 Å². The zero-order valence-corrected chi connectivity index (χ0v) is 59.1. The number of halogens is 1. The third-order valence-electron chi connectivity index (χ3n) is 16.2. The molecule has 512 valence electrons. The van der Waals surface area contributed by atoms with E-state index in [4.69, 9.17) is 10.8 Å². The van der Waals surface area contributed by atoms with Crippen LogP contribution in [0, 0.1) is 41.4 Å². The van der Waals surface area contributed by atoms with Crippen LogP contribution in [0.2, 0.25) is 0 Å². The number of rotatable bonds is 24. The van der Waals surface area contributed by atoms with Crippen LogP contribution < -0.4 is 27.1 Å². The topological polar surface area (TPSA) is 308 Å². The van der Waals surface area contributed by atoms with Crippen LogP contribution in [0.3, 0.4) is 0 Å². The largest absolute Gasteiger partial charge is 0.395 e. The number of likely N-dealkylation sites (N-methyl/N-ethyl adjacent to an activating group) is 2. The molecule has 0 radical (unpaired) electrons. The molecule has 6 aliphatic rings. The summed E-state index contributed by atoms with van der Waals surface area (Å²) in [6.45, 7) is 18.9. The zero-order chi connectivity index (χ0) is 65.6. The Labute approximate surface area is 551 Å². The molecule has 6 atom stereocenters. The minimum Gasteiger partial charge on any atom is -0.395 e. The van der Waals surface area contributed by atoms with E-state index in [0.29, 0.717) is 25.2 Å². The quantitative estimate of drug-likeness (QED) is 0.0392. The maximum Gasteiger partial charge on any atom is 0.312 e. The maximum atomic E-state index is 12.8. The summed E-state index contributed by atoms with van der Waals surface area (Å²) in [5.41, 5.74) is 7.87. The maximum absolute atomic E-state index is 12.8. The van der Waals surface area contributed by atoms with Crippen LogP contribution in [0.5, 0.6) is 0 Å². The second-order valence-corrected chi connectivity index (χ2v) is 29.3. The number of hydrogen-bond donors (Lipinski definition) is 8. The fourth-order valence-electron chi connectivity index (χ4n) is 11.1. The van der Waals surface area contributed by atoms with Crippen LogP contribution >= 0.6 is 47.7 Å². The van der Waals surface area contributed by atoms with E-state index >= 15 is 0 Å². The highest BCUT2D eigenvalue weighted by Crippen LogP contribution is 2.28. The van der Waals surface area contributed by atoms with E-state index < -0.39 is 53.8 Å². The van der Waals surface area contributed by atoms with Crippen LogP contribution in [0.1, 0.15) is 177 Å². The average Bonchev–Trinajstić information content (AvgIpc) is 4.46. The molecule has 23 nitrogen and oxygen atoms in total. The SMILES string of the molecule is CC(C)CC(N)CO.CC(C)CC(NC(=O)C1CCCCC1)C(=O)C(=O)N(C)/N=C1\SCCN1C.CC(C)CC(NC(=O)C1CCCCC1)C(O)C(=O)N(C)/N=C1\SCCN1C.CC(C)CC(NC(=O)C1CCCCC1)C(O)C(=O)N/N=C1\SCCN1C.Cl. The summed E-state index contributed by atoms with van der Waals surface area (Å²) in [7, 11) is 8.80. The van der Waals surface area contributed by atoms with E-state index in [9.17, 15) is 43.8 Å². The second-order valence-electron chi connectivity index (χ2n) is 26.1. The van der Waals surface area contributed by atoms with Crippen molar-refractivity contribution in [2.75, 3.05) is 78.7 Å². The molecule has 6 amide bonds. The smallest absolute Gasteiger partial charge is 0.312 e. The lowest BCUT2D eigenvalue weighted by Gasteiger charge is -2.29. The lowest BCUT2D eigenvalue weighted by molar-refractivity contribution is -0.146. The molecule has 27 heteroatoms. The number of amides is 6. The van der Waals surface area contributed by atoms with Crippen molar-refractivity contribution in [2.24, 2.45) is 62.5 Å². The first-order chi connectivity index (χ1) is 41.6. The Morgan fingerprint density at radius 1 is 0.539 bits per heavy atom. The molecule has 9 N–H and O–H groups in total. The summed E-state index contributed by atoms with van der Waals surface area (Å²) in [4.78, 5) is 94.1. The predicted octanol–water partition coefficient (Wildman–Crippen LogP) is 6.24. The van der Waals surface area contributed by atoms with Crippen LogP contribution in [-0.2, 0) is 33.6 Å². The monoisotopic (exact) mass is 1330 g/mol. The molecular formula is C62H114ClN13O10S3. The second kappa shape index (κ2) is 43.1. The molecule has 3 saturated carbocycles. The van der Waals surface area contributed by atoms with E-state index in [1.165, 1.54) is 24.9 Å². The van der Waals surface area contributed by atoms with Gasteiger partial charge in [-0.1, -0.05) is 148 Å². The Bertz CT molecular complexity index is 2270. The molecule has 0 bridgehead atoms. The van der Waals surface area contributed by atoms with E-state index in [-0.39, 0.29) is 78.3 Å². The van der Waals surface area contributed by atoms with Crippen molar-refractivity contribution in [1.82, 2.24) is 46.1 Å². The van der Waals surface area contributed by atoms with Crippen molar-refractivity contribution in [3.05, 3.63) is 0 Å². The minimum absolute atomic E-state index is 0. The van der Waals surface area contributed by atoms with Crippen molar-refractivity contribution >= 4 is 104 Å². The van der Waals surface area contributed by atoms with Gasteiger partial charge in [0.2, 0.25) is 23.5 Å². The number of nitrogens with one attached hydrogen (secondary N) is 4. The Balaban J connectivity index is 0.000000425. The molecule has 3 aliphatic heterocycles. The molecule has 3 heterocycles. The number of Topliss-reactive ketones (excluding diaryl/α,β-unsaturated/α-hetero) is 1. The number of hydrazone groups is 3. The number of hydrogen-bond acceptors (Lipinski definition) is 17. The minimum atomic E-state index is -1.31. The Morgan fingerprint density at radius 2 is 0.899 bits per heavy atom. The third-order valence-corrected chi connectivity index (χ3v) is 19.3. The summed E-state index contributed by atoms with van der Waals surface area (Å²) >= 11 is 4.71. The fourth-order valence-corrected chi connectivity index (χ4v) is 14.1. The standard InChI is InChI=1S/C19H34N4O3S.C19H32N4O3S.C18H32N4O3S.C6H15NO.ClH/c2*1-13(2)12-15(20-17(25)14-8-6-5-7-9-14)16(24)18(26)23(4)21-19-22(3)10-11-27-19;1-12(2)11-14(19-16(24)13-7-5-4-6-8-13)15(23)17(25)20-21-18-22(3)9-10-26-18;1-5(2)3-6(7)4-8;/h13-16,24H,5-12H2,1-4H3,(H,20,25);13-15H,5-12H2,1-4H3,(H,20,25);12-15,23H,4-11H2,1-3H3,(H,19,24)(H,20,25);5-6,8H,3-4,7H2,1-2H3;1H/b2*21-19-;21-18-;;. The van der Waals surface area contributed by atoms with Gasteiger partial charge in [-0.15, -0.1) is 27.7 Å². The molecule has 6 rings (SSSR count). The number of carbonyl (C=O) groups is 7. The van der Waals surface area contributed by atoms with Gasteiger partial charge < -0.3 is 51.7 Å². The average molecular weight is 1330 g/mol. The molecule has 3 saturated heterocycles. The molecule has 0 spiro atoms. The highest BCUT2D eigenvalue weighted by Gasteiger charge is 2.36. The zero-order valence-electron chi connectivity index (χ0n) is 55.9. The number of thioether (sulfide) groups is 3. The van der Waals surface area contributed by atoms with Gasteiger partial charge in [0.1, 0.15) is 0 Å². The lowest BCUT2D eigenvalue weighted by atomic mass is 9.88. The molecule has 0 aromatic carbocycles. The number of ketones is 1. The van der Waals surface area contributed by atoms with Crippen molar-refractivity contribution in [3.8, 4) is 0 Å². The number of nitrogens with zero attached hydrogens (tertiary/aromatic N) is 8. The lowest BCUT2D eigenvalue weighted by Crippen LogP contribution is -2.52.